The van der Waals surface area contributed by atoms with Crippen molar-refractivity contribution in [3.8, 4) is 5.75 Å². The highest BCUT2D eigenvalue weighted by Gasteiger charge is 2.36. The highest BCUT2D eigenvalue weighted by molar-refractivity contribution is 6.30. The van der Waals surface area contributed by atoms with Crippen molar-refractivity contribution in [2.24, 2.45) is 5.92 Å². The highest BCUT2D eigenvalue weighted by atomic mass is 35.5. The summed E-state index contributed by atoms with van der Waals surface area (Å²) < 4.78 is 5.66. The average Bonchev–Trinajstić information content (AvgIpc) is 3.03. The van der Waals surface area contributed by atoms with Crippen molar-refractivity contribution in [3.63, 3.8) is 0 Å². The minimum atomic E-state index is -0.480. The van der Waals surface area contributed by atoms with Crippen LogP contribution < -0.4 is 9.64 Å². The largest absolute Gasteiger partial charge is 0.426 e. The van der Waals surface area contributed by atoms with Crippen molar-refractivity contribution < 1.29 is 14.3 Å². The molecule has 1 heterocycles. The second-order valence-corrected chi connectivity index (χ2v) is 7.09. The molecular formula is C21H22ClNO3. The first-order chi connectivity index (χ1) is 12.5. The van der Waals surface area contributed by atoms with E-state index in [1.54, 1.807) is 23.1 Å². The maximum absolute atomic E-state index is 12.6. The molecule has 0 spiro atoms. The summed E-state index contributed by atoms with van der Waals surface area (Å²) in [5, 5.41) is 0.559. The lowest BCUT2D eigenvalue weighted by molar-refractivity contribution is -0.139. The topological polar surface area (TPSA) is 46.6 Å². The summed E-state index contributed by atoms with van der Waals surface area (Å²) in [4.78, 5) is 26.6. The number of carbonyl (C=O) groups is 2. The molecule has 0 radical (unpaired) electrons. The number of hydrogen-bond donors (Lipinski definition) is 0. The van der Waals surface area contributed by atoms with Crippen molar-refractivity contribution in [1.29, 1.82) is 0 Å². The molecule has 3 rings (SSSR count). The van der Waals surface area contributed by atoms with Crippen molar-refractivity contribution >= 4 is 29.2 Å². The van der Waals surface area contributed by atoms with Gasteiger partial charge in [-0.15, -0.1) is 0 Å². The number of benzene rings is 2. The Morgan fingerprint density at radius 2 is 2.04 bits per heavy atom. The van der Waals surface area contributed by atoms with Crippen LogP contribution in [0.15, 0.2) is 48.5 Å². The molecule has 1 aliphatic heterocycles. The fourth-order valence-corrected chi connectivity index (χ4v) is 3.34. The number of nitrogens with zero attached hydrogens (tertiary/aromatic N) is 1. The van der Waals surface area contributed by atoms with Crippen LogP contribution in [0.2, 0.25) is 5.02 Å². The van der Waals surface area contributed by atoms with Gasteiger partial charge in [0.05, 0.1) is 5.92 Å². The molecule has 5 heteroatoms. The van der Waals surface area contributed by atoms with E-state index in [-0.39, 0.29) is 18.3 Å². The Hall–Kier alpha value is -2.33. The second kappa shape index (κ2) is 7.92. The van der Waals surface area contributed by atoms with Gasteiger partial charge in [0.1, 0.15) is 5.75 Å². The van der Waals surface area contributed by atoms with Gasteiger partial charge in [0, 0.05) is 23.7 Å². The third-order valence-electron chi connectivity index (χ3n) is 4.85. The number of anilines is 1. The molecule has 0 unspecified atom stereocenters. The van der Waals surface area contributed by atoms with Crippen LogP contribution in [0.4, 0.5) is 5.69 Å². The number of esters is 1. The first kappa shape index (κ1) is 18.5. The zero-order chi connectivity index (χ0) is 18.7. The third-order valence-corrected chi connectivity index (χ3v) is 5.09. The minimum Gasteiger partial charge on any atom is -0.426 e. The standard InChI is InChI=1S/C21H22ClNO3/c1-3-14(2)18-9-4-5-10-19(18)26-21(25)15-11-20(24)23(13-15)17-8-6-7-16(22)12-17/h4-10,12,14-15H,3,11,13H2,1-2H3/t14-,15+/m0/s1. The molecule has 1 amide bonds. The Morgan fingerprint density at radius 1 is 1.27 bits per heavy atom. The Labute approximate surface area is 158 Å². The quantitative estimate of drug-likeness (QED) is 0.559. The van der Waals surface area contributed by atoms with E-state index in [0.717, 1.165) is 12.0 Å². The number of para-hydroxylation sites is 1. The van der Waals surface area contributed by atoms with Gasteiger partial charge in [-0.05, 0) is 42.2 Å². The fourth-order valence-electron chi connectivity index (χ4n) is 3.15. The molecule has 1 fully saturated rings. The molecule has 0 aliphatic carbocycles. The van der Waals surface area contributed by atoms with E-state index in [1.807, 2.05) is 30.3 Å². The molecule has 2 atom stereocenters. The van der Waals surface area contributed by atoms with Gasteiger partial charge in [-0.25, -0.2) is 0 Å². The van der Waals surface area contributed by atoms with Crippen LogP contribution in [0, 0.1) is 5.92 Å². The fraction of sp³-hybridized carbons (Fsp3) is 0.333. The molecule has 0 saturated carbocycles. The van der Waals surface area contributed by atoms with E-state index < -0.39 is 5.92 Å². The monoisotopic (exact) mass is 371 g/mol. The van der Waals surface area contributed by atoms with Crippen LogP contribution in [0.1, 0.15) is 38.2 Å². The van der Waals surface area contributed by atoms with E-state index in [4.69, 9.17) is 16.3 Å². The Morgan fingerprint density at radius 3 is 2.77 bits per heavy atom. The molecule has 0 N–H and O–H groups in total. The van der Waals surface area contributed by atoms with Crippen LogP contribution in [-0.2, 0) is 9.59 Å². The number of hydrogen-bond acceptors (Lipinski definition) is 3. The summed E-state index contributed by atoms with van der Waals surface area (Å²) in [6.45, 7) is 4.51. The van der Waals surface area contributed by atoms with Crippen LogP contribution in [-0.4, -0.2) is 18.4 Å². The van der Waals surface area contributed by atoms with Crippen LogP contribution in [0.3, 0.4) is 0 Å². The maximum atomic E-state index is 12.6. The first-order valence-corrected chi connectivity index (χ1v) is 9.24. The van der Waals surface area contributed by atoms with E-state index in [9.17, 15) is 9.59 Å². The summed E-state index contributed by atoms with van der Waals surface area (Å²) >= 11 is 6.01. The number of carbonyl (C=O) groups excluding carboxylic acids is 2. The summed E-state index contributed by atoms with van der Waals surface area (Å²) in [6.07, 6.45) is 1.11. The van der Waals surface area contributed by atoms with E-state index in [1.165, 1.54) is 0 Å². The smallest absolute Gasteiger partial charge is 0.316 e. The molecule has 2 aromatic rings. The van der Waals surface area contributed by atoms with E-state index in [0.29, 0.717) is 28.9 Å². The lowest BCUT2D eigenvalue weighted by Gasteiger charge is -2.18. The zero-order valence-electron chi connectivity index (χ0n) is 14.9. The number of amides is 1. The predicted molar refractivity (Wildman–Crippen MR) is 103 cm³/mol. The molecule has 1 saturated heterocycles. The van der Waals surface area contributed by atoms with Crippen LogP contribution in [0.5, 0.6) is 5.75 Å². The first-order valence-electron chi connectivity index (χ1n) is 8.86. The molecular weight excluding hydrogens is 350 g/mol. The van der Waals surface area contributed by atoms with Crippen LogP contribution >= 0.6 is 11.6 Å². The van der Waals surface area contributed by atoms with Crippen molar-refractivity contribution in [3.05, 3.63) is 59.1 Å². The van der Waals surface area contributed by atoms with Crippen LogP contribution in [0.25, 0.3) is 0 Å². The van der Waals surface area contributed by atoms with Gasteiger partial charge in [0.15, 0.2) is 0 Å². The van der Waals surface area contributed by atoms with Gasteiger partial charge in [-0.1, -0.05) is 49.7 Å². The van der Waals surface area contributed by atoms with Gasteiger partial charge >= 0.3 is 5.97 Å². The van der Waals surface area contributed by atoms with Gasteiger partial charge in [0.2, 0.25) is 5.91 Å². The third kappa shape index (κ3) is 3.91. The SMILES string of the molecule is CC[C@H](C)c1ccccc1OC(=O)[C@@H]1CC(=O)N(c2cccc(Cl)c2)C1. The Balaban J connectivity index is 1.73. The zero-order valence-corrected chi connectivity index (χ0v) is 15.7. The van der Waals surface area contributed by atoms with Gasteiger partial charge in [0.25, 0.3) is 0 Å². The molecule has 0 bridgehead atoms. The number of rotatable bonds is 5. The molecule has 2 aromatic carbocycles. The second-order valence-electron chi connectivity index (χ2n) is 6.65. The molecule has 0 aromatic heterocycles. The lowest BCUT2D eigenvalue weighted by Crippen LogP contribution is -2.27. The predicted octanol–water partition coefficient (Wildman–Crippen LogP) is 4.81. The summed E-state index contributed by atoms with van der Waals surface area (Å²) in [7, 11) is 0. The summed E-state index contributed by atoms with van der Waals surface area (Å²) in [5.74, 6) is -0.0535. The van der Waals surface area contributed by atoms with Gasteiger partial charge in [-0.3, -0.25) is 9.59 Å². The highest BCUT2D eigenvalue weighted by Crippen LogP contribution is 2.31. The summed E-state index contributed by atoms with van der Waals surface area (Å²) in [5.41, 5.74) is 1.72. The number of ether oxygens (including phenoxy) is 1. The van der Waals surface area contributed by atoms with E-state index in [2.05, 4.69) is 13.8 Å². The van der Waals surface area contributed by atoms with Crippen molar-refractivity contribution in [2.45, 2.75) is 32.6 Å². The molecule has 136 valence electrons. The normalized spacial score (nSPS) is 18.0. The van der Waals surface area contributed by atoms with Crippen molar-refractivity contribution in [1.82, 2.24) is 0 Å². The van der Waals surface area contributed by atoms with Crippen molar-refractivity contribution in [2.75, 3.05) is 11.4 Å². The molecule has 26 heavy (non-hydrogen) atoms. The lowest BCUT2D eigenvalue weighted by atomic mass is 9.98. The Kier molecular flexibility index (Phi) is 5.62. The molecule has 1 aliphatic rings. The van der Waals surface area contributed by atoms with Gasteiger partial charge < -0.3 is 9.64 Å². The van der Waals surface area contributed by atoms with E-state index >= 15 is 0 Å². The maximum Gasteiger partial charge on any atom is 0.316 e. The minimum absolute atomic E-state index is 0.0931. The molecule has 4 nitrogen and oxygen atoms in total. The van der Waals surface area contributed by atoms with Gasteiger partial charge in [-0.2, -0.15) is 0 Å². The Bertz CT molecular complexity index is 820. The average molecular weight is 372 g/mol. The number of halogens is 1. The summed E-state index contributed by atoms with van der Waals surface area (Å²) in [6, 6.07) is 14.7.